The van der Waals surface area contributed by atoms with Crippen molar-refractivity contribution in [2.24, 2.45) is 5.73 Å². The van der Waals surface area contributed by atoms with Gasteiger partial charge in [0, 0.05) is 18.3 Å². The molecule has 0 bridgehead atoms. The van der Waals surface area contributed by atoms with Crippen LogP contribution in [-0.2, 0) is 13.1 Å². The van der Waals surface area contributed by atoms with Gasteiger partial charge >= 0.3 is 0 Å². The summed E-state index contributed by atoms with van der Waals surface area (Å²) in [6, 6.07) is 7.94. The fraction of sp³-hybridized carbons (Fsp3) is 0.286. The van der Waals surface area contributed by atoms with E-state index in [1.54, 1.807) is 4.68 Å². The van der Waals surface area contributed by atoms with Crippen molar-refractivity contribution in [2.45, 2.75) is 20.0 Å². The van der Waals surface area contributed by atoms with Gasteiger partial charge in [-0.3, -0.25) is 0 Å². The fourth-order valence-electron chi connectivity index (χ4n) is 1.72. The predicted octanol–water partition coefficient (Wildman–Crippen LogP) is 1.85. The molecule has 0 atom stereocenters. The summed E-state index contributed by atoms with van der Waals surface area (Å²) < 4.78 is 7.50. The molecule has 0 fully saturated rings. The summed E-state index contributed by atoms with van der Waals surface area (Å²) in [5.41, 5.74) is 7.34. The zero-order chi connectivity index (χ0) is 13.5. The van der Waals surface area contributed by atoms with Gasteiger partial charge in [-0.1, -0.05) is 35.6 Å². The lowest BCUT2D eigenvalue weighted by molar-refractivity contribution is 0.289. The molecule has 1 aromatic carbocycles. The number of aromatic nitrogens is 3. The van der Waals surface area contributed by atoms with Crippen LogP contribution in [0.25, 0.3) is 6.08 Å². The largest absolute Gasteiger partial charge is 0.491 e. The highest BCUT2D eigenvalue weighted by atomic mass is 16.5. The Morgan fingerprint density at radius 3 is 2.95 bits per heavy atom. The maximum absolute atomic E-state index is 5.77. The van der Waals surface area contributed by atoms with E-state index < -0.39 is 0 Å². The van der Waals surface area contributed by atoms with E-state index in [1.807, 2.05) is 49.5 Å². The van der Waals surface area contributed by atoms with E-state index in [1.165, 1.54) is 0 Å². The lowest BCUT2D eigenvalue weighted by Gasteiger charge is -2.08. The third-order valence-electron chi connectivity index (χ3n) is 2.64. The first-order chi connectivity index (χ1) is 9.33. The van der Waals surface area contributed by atoms with Gasteiger partial charge in [0.2, 0.25) is 0 Å². The summed E-state index contributed by atoms with van der Waals surface area (Å²) in [5.74, 6) is 0.875. The van der Waals surface area contributed by atoms with E-state index >= 15 is 0 Å². The average molecular weight is 258 g/mol. The minimum Gasteiger partial charge on any atom is -0.491 e. The Morgan fingerprint density at radius 2 is 2.21 bits per heavy atom. The second-order valence-corrected chi connectivity index (χ2v) is 4.06. The predicted molar refractivity (Wildman–Crippen MR) is 74.6 cm³/mol. The van der Waals surface area contributed by atoms with E-state index in [4.69, 9.17) is 10.5 Å². The number of nitrogens with zero attached hydrogens (tertiary/aromatic N) is 3. The molecular weight excluding hydrogens is 240 g/mol. The molecule has 2 rings (SSSR count). The van der Waals surface area contributed by atoms with Gasteiger partial charge in [0.15, 0.2) is 0 Å². The fourth-order valence-corrected chi connectivity index (χ4v) is 1.72. The second-order valence-electron chi connectivity index (χ2n) is 4.06. The SMILES string of the molecule is CC=Cc1ccccc1OCCn1cc(CN)nn1. The first-order valence-electron chi connectivity index (χ1n) is 6.27. The maximum Gasteiger partial charge on any atom is 0.126 e. The molecule has 0 radical (unpaired) electrons. The van der Waals surface area contributed by atoms with Crippen molar-refractivity contribution < 1.29 is 4.74 Å². The van der Waals surface area contributed by atoms with Crippen molar-refractivity contribution in [3.05, 3.63) is 47.8 Å². The van der Waals surface area contributed by atoms with Gasteiger partial charge in [0.25, 0.3) is 0 Å². The van der Waals surface area contributed by atoms with Gasteiger partial charge in [0.05, 0.1) is 12.2 Å². The lowest BCUT2D eigenvalue weighted by Crippen LogP contribution is -2.09. The van der Waals surface area contributed by atoms with Crippen molar-refractivity contribution in [1.82, 2.24) is 15.0 Å². The minimum absolute atomic E-state index is 0.408. The van der Waals surface area contributed by atoms with Crippen LogP contribution in [0.15, 0.2) is 36.5 Å². The van der Waals surface area contributed by atoms with Crippen molar-refractivity contribution in [3.63, 3.8) is 0 Å². The maximum atomic E-state index is 5.77. The Balaban J connectivity index is 1.92. The number of ether oxygens (including phenoxy) is 1. The van der Waals surface area contributed by atoms with E-state index in [2.05, 4.69) is 10.3 Å². The Morgan fingerprint density at radius 1 is 1.37 bits per heavy atom. The van der Waals surface area contributed by atoms with Gasteiger partial charge in [0.1, 0.15) is 12.4 Å². The second kappa shape index (κ2) is 6.70. The molecular formula is C14H18N4O. The number of rotatable bonds is 6. The average Bonchev–Trinajstić information content (AvgIpc) is 2.89. The van der Waals surface area contributed by atoms with Crippen LogP contribution in [0.2, 0.25) is 0 Å². The molecule has 1 heterocycles. The number of benzene rings is 1. The first kappa shape index (κ1) is 13.3. The molecule has 0 saturated heterocycles. The number of nitrogens with two attached hydrogens (primary N) is 1. The highest BCUT2D eigenvalue weighted by Gasteiger charge is 2.01. The van der Waals surface area contributed by atoms with E-state index in [0.29, 0.717) is 19.7 Å². The normalized spacial score (nSPS) is 11.1. The molecule has 0 saturated carbocycles. The van der Waals surface area contributed by atoms with Crippen molar-refractivity contribution in [1.29, 1.82) is 0 Å². The summed E-state index contributed by atoms with van der Waals surface area (Å²) in [7, 11) is 0. The molecule has 5 heteroatoms. The van der Waals surface area contributed by atoms with Crippen LogP contribution in [0, 0.1) is 0 Å². The zero-order valence-electron chi connectivity index (χ0n) is 11.0. The summed E-state index contributed by atoms with van der Waals surface area (Å²) in [4.78, 5) is 0. The molecule has 2 aromatic rings. The van der Waals surface area contributed by atoms with E-state index in [0.717, 1.165) is 17.0 Å². The molecule has 0 amide bonds. The quantitative estimate of drug-likeness (QED) is 0.858. The Bertz CT molecular complexity index is 548. The van der Waals surface area contributed by atoms with E-state index in [9.17, 15) is 0 Å². The molecule has 0 aliphatic carbocycles. The lowest BCUT2D eigenvalue weighted by atomic mass is 10.2. The van der Waals surface area contributed by atoms with Crippen LogP contribution in [-0.4, -0.2) is 21.6 Å². The summed E-state index contributed by atoms with van der Waals surface area (Å²) in [5, 5.41) is 7.90. The van der Waals surface area contributed by atoms with Gasteiger partial charge in [-0.25, -0.2) is 4.68 Å². The van der Waals surface area contributed by atoms with Crippen molar-refractivity contribution in [3.8, 4) is 5.75 Å². The number of hydrogen-bond acceptors (Lipinski definition) is 4. The molecule has 2 N–H and O–H groups in total. The van der Waals surface area contributed by atoms with Gasteiger partial charge in [-0.15, -0.1) is 5.10 Å². The van der Waals surface area contributed by atoms with Crippen LogP contribution >= 0.6 is 0 Å². The summed E-state index contributed by atoms with van der Waals surface area (Å²) in [6.45, 7) is 3.59. The molecule has 0 aliphatic rings. The van der Waals surface area contributed by atoms with Crippen molar-refractivity contribution >= 4 is 6.08 Å². The van der Waals surface area contributed by atoms with Gasteiger partial charge in [-0.2, -0.15) is 0 Å². The third kappa shape index (κ3) is 3.66. The van der Waals surface area contributed by atoms with E-state index in [-0.39, 0.29) is 0 Å². The number of allylic oxidation sites excluding steroid dienone is 1. The highest BCUT2D eigenvalue weighted by Crippen LogP contribution is 2.19. The molecule has 1 aromatic heterocycles. The smallest absolute Gasteiger partial charge is 0.126 e. The van der Waals surface area contributed by atoms with Crippen LogP contribution in [0.1, 0.15) is 18.2 Å². The molecule has 0 spiro atoms. The Kier molecular flexibility index (Phi) is 4.69. The van der Waals surface area contributed by atoms with Crippen LogP contribution in [0.5, 0.6) is 5.75 Å². The number of hydrogen-bond donors (Lipinski definition) is 1. The monoisotopic (exact) mass is 258 g/mol. The molecule has 19 heavy (non-hydrogen) atoms. The molecule has 0 unspecified atom stereocenters. The Hall–Kier alpha value is -2.14. The standard InChI is InChI=1S/C14H18N4O/c1-2-5-12-6-3-4-7-14(12)19-9-8-18-11-13(10-15)16-17-18/h2-7,11H,8-10,15H2,1H3. The zero-order valence-corrected chi connectivity index (χ0v) is 11.0. The molecule has 100 valence electrons. The summed E-state index contributed by atoms with van der Waals surface area (Å²) >= 11 is 0. The van der Waals surface area contributed by atoms with Gasteiger partial charge < -0.3 is 10.5 Å². The topological polar surface area (TPSA) is 66.0 Å². The third-order valence-corrected chi connectivity index (χ3v) is 2.64. The number of para-hydroxylation sites is 1. The minimum atomic E-state index is 0.408. The first-order valence-corrected chi connectivity index (χ1v) is 6.27. The van der Waals surface area contributed by atoms with Gasteiger partial charge in [-0.05, 0) is 13.0 Å². The van der Waals surface area contributed by atoms with Crippen LogP contribution in [0.3, 0.4) is 0 Å². The molecule has 0 aliphatic heterocycles. The Labute approximate surface area is 112 Å². The van der Waals surface area contributed by atoms with Crippen LogP contribution in [0.4, 0.5) is 0 Å². The summed E-state index contributed by atoms with van der Waals surface area (Å²) in [6.07, 6.45) is 5.85. The van der Waals surface area contributed by atoms with Crippen LogP contribution < -0.4 is 10.5 Å². The van der Waals surface area contributed by atoms with Crippen molar-refractivity contribution in [2.75, 3.05) is 6.61 Å². The highest BCUT2D eigenvalue weighted by molar-refractivity contribution is 5.56. The molecule has 5 nitrogen and oxygen atoms in total.